The monoisotopic (exact) mass is 680 g/mol. The van der Waals surface area contributed by atoms with Crippen molar-refractivity contribution in [2.75, 3.05) is 40.3 Å². The van der Waals surface area contributed by atoms with Crippen molar-refractivity contribution in [2.24, 2.45) is 23.7 Å². The number of piperidine rings is 2. The first-order valence-electron chi connectivity index (χ1n) is 20.3. The third kappa shape index (κ3) is 4.14. The molecule has 4 heterocycles. The molecular formula is C42H56N4O4. The number of likely N-dealkylation sites (tertiary alicyclic amines) is 2. The van der Waals surface area contributed by atoms with E-state index < -0.39 is 0 Å². The van der Waals surface area contributed by atoms with Crippen LogP contribution < -0.4 is 20.1 Å². The molecule has 4 saturated carbocycles. The van der Waals surface area contributed by atoms with Crippen molar-refractivity contribution < 1.29 is 19.7 Å². The minimum atomic E-state index is 0.123. The number of nitrogens with zero attached hydrogens (tertiary/aromatic N) is 2. The van der Waals surface area contributed by atoms with Gasteiger partial charge in [0.15, 0.2) is 23.0 Å². The summed E-state index contributed by atoms with van der Waals surface area (Å²) < 4.78 is 13.0. The minimum Gasteiger partial charge on any atom is -0.504 e. The quantitative estimate of drug-likeness (QED) is 0.345. The zero-order chi connectivity index (χ0) is 33.5. The minimum absolute atomic E-state index is 0.123. The van der Waals surface area contributed by atoms with E-state index in [2.05, 4.69) is 46.7 Å². The van der Waals surface area contributed by atoms with E-state index in [1.807, 2.05) is 12.1 Å². The summed E-state index contributed by atoms with van der Waals surface area (Å²) >= 11 is 0. The molecule has 10 aliphatic rings. The van der Waals surface area contributed by atoms with E-state index in [9.17, 15) is 10.2 Å². The van der Waals surface area contributed by atoms with Crippen LogP contribution in [-0.4, -0.2) is 96.7 Å². The van der Waals surface area contributed by atoms with Crippen molar-refractivity contribution in [3.05, 3.63) is 46.5 Å². The van der Waals surface area contributed by atoms with E-state index in [0.29, 0.717) is 47.5 Å². The lowest BCUT2D eigenvalue weighted by Gasteiger charge is -2.59. The van der Waals surface area contributed by atoms with Crippen LogP contribution in [0.15, 0.2) is 24.3 Å². The number of phenolic OH excluding ortho intramolecular Hbond substituents is 2. The van der Waals surface area contributed by atoms with Crippen LogP contribution in [0.4, 0.5) is 0 Å². The molecule has 50 heavy (non-hydrogen) atoms. The highest BCUT2D eigenvalue weighted by molar-refractivity contribution is 5.62. The molecule has 6 fully saturated rings. The van der Waals surface area contributed by atoms with Gasteiger partial charge in [-0.15, -0.1) is 0 Å². The average molecular weight is 681 g/mol. The molecule has 4 aliphatic heterocycles. The Hall–Kier alpha value is -2.52. The fourth-order valence-electron chi connectivity index (χ4n) is 13.6. The van der Waals surface area contributed by atoms with Crippen LogP contribution in [0.5, 0.6) is 23.0 Å². The molecule has 6 aliphatic carbocycles. The Morgan fingerprint density at radius 3 is 1.48 bits per heavy atom. The smallest absolute Gasteiger partial charge is 0.165 e. The van der Waals surface area contributed by atoms with Crippen molar-refractivity contribution in [1.29, 1.82) is 0 Å². The summed E-state index contributed by atoms with van der Waals surface area (Å²) in [5, 5.41) is 28.0. The molecule has 8 nitrogen and oxygen atoms in total. The molecule has 10 atom stereocenters. The van der Waals surface area contributed by atoms with E-state index in [1.54, 1.807) is 0 Å². The lowest BCUT2D eigenvalue weighted by atomic mass is 9.51. The van der Waals surface area contributed by atoms with Crippen LogP contribution in [0.1, 0.15) is 86.5 Å². The molecule has 8 heteroatoms. The number of ether oxygens (including phenoxy) is 2. The van der Waals surface area contributed by atoms with Gasteiger partial charge in [0.2, 0.25) is 0 Å². The molecule has 2 aromatic rings. The number of aromatic hydroxyl groups is 2. The summed E-state index contributed by atoms with van der Waals surface area (Å²) in [4.78, 5) is 5.64. The van der Waals surface area contributed by atoms with E-state index in [4.69, 9.17) is 9.47 Å². The molecule has 2 aromatic carbocycles. The molecule has 12 rings (SSSR count). The highest BCUT2D eigenvalue weighted by Gasteiger charge is 2.67. The molecule has 2 saturated heterocycles. The lowest BCUT2D eigenvalue weighted by molar-refractivity contribution is -0.0650. The first-order chi connectivity index (χ1) is 24.4. The maximum Gasteiger partial charge on any atom is 0.165 e. The Kier molecular flexibility index (Phi) is 6.83. The number of likely N-dealkylation sites (N-methyl/N-ethyl adjacent to an activating group) is 2. The van der Waals surface area contributed by atoms with Gasteiger partial charge >= 0.3 is 0 Å². The predicted molar refractivity (Wildman–Crippen MR) is 192 cm³/mol. The third-order valence-corrected chi connectivity index (χ3v) is 16.0. The standard InChI is InChI=1S/2C21H28N2O2/c2*1-22-15-6-5-14-16-10-13-4-7-17(24)19-18(13)21(14,20(15)25-19)8-9-23(16)11-12-2-3-12/h2*4,7,12,14-16,20,22,24H,2-3,5-6,8-11H2,1H3/t14-,15+,16+,20-,21-;14-,15-,16+,20-,21-/m00/s1. The second kappa shape index (κ2) is 11.0. The lowest BCUT2D eigenvalue weighted by Crippen LogP contribution is -2.68. The summed E-state index contributed by atoms with van der Waals surface area (Å²) in [5.74, 6) is 5.58. The number of hydrogen-bond acceptors (Lipinski definition) is 8. The van der Waals surface area contributed by atoms with E-state index >= 15 is 0 Å². The van der Waals surface area contributed by atoms with Gasteiger partial charge in [-0.1, -0.05) is 12.1 Å². The Bertz CT molecular complexity index is 1590. The van der Waals surface area contributed by atoms with E-state index in [0.717, 1.165) is 36.2 Å². The zero-order valence-electron chi connectivity index (χ0n) is 30.0. The second-order valence-electron chi connectivity index (χ2n) is 18.1. The number of benzene rings is 2. The normalized spacial score (nSPS) is 41.3. The van der Waals surface area contributed by atoms with Crippen LogP contribution >= 0.6 is 0 Å². The Morgan fingerprint density at radius 2 is 1.08 bits per heavy atom. The van der Waals surface area contributed by atoms with Gasteiger partial charge in [-0.05, 0) is 151 Å². The van der Waals surface area contributed by atoms with Crippen molar-refractivity contribution in [1.82, 2.24) is 20.4 Å². The molecule has 268 valence electrons. The average Bonchev–Trinajstić information content (AvgIpc) is 4.06. The number of rotatable bonds is 6. The predicted octanol–water partition coefficient (Wildman–Crippen LogP) is 4.86. The van der Waals surface area contributed by atoms with Crippen LogP contribution in [0, 0.1) is 23.7 Å². The second-order valence-corrected chi connectivity index (χ2v) is 18.1. The van der Waals surface area contributed by atoms with Gasteiger partial charge in [0.25, 0.3) is 0 Å². The fraction of sp³-hybridized carbons (Fsp3) is 0.714. The van der Waals surface area contributed by atoms with Crippen molar-refractivity contribution in [2.45, 2.75) is 124 Å². The molecule has 0 amide bonds. The largest absolute Gasteiger partial charge is 0.504 e. The van der Waals surface area contributed by atoms with Crippen molar-refractivity contribution >= 4 is 0 Å². The van der Waals surface area contributed by atoms with Gasteiger partial charge < -0.3 is 30.3 Å². The molecule has 0 unspecified atom stereocenters. The molecule has 2 spiro atoms. The van der Waals surface area contributed by atoms with Crippen LogP contribution in [0.25, 0.3) is 0 Å². The maximum absolute atomic E-state index is 10.5. The molecule has 0 radical (unpaired) electrons. The molecule has 4 bridgehead atoms. The number of phenols is 2. The van der Waals surface area contributed by atoms with Crippen LogP contribution in [-0.2, 0) is 23.7 Å². The first-order valence-corrected chi connectivity index (χ1v) is 20.3. The Morgan fingerprint density at radius 1 is 0.640 bits per heavy atom. The first kappa shape index (κ1) is 31.0. The summed E-state index contributed by atoms with van der Waals surface area (Å²) in [7, 11) is 4.13. The van der Waals surface area contributed by atoms with E-state index in [-0.39, 0.29) is 23.0 Å². The van der Waals surface area contributed by atoms with E-state index in [1.165, 1.54) is 113 Å². The fourth-order valence-corrected chi connectivity index (χ4v) is 13.6. The van der Waals surface area contributed by atoms with Gasteiger partial charge in [0, 0.05) is 59.2 Å². The number of nitrogens with one attached hydrogen (secondary N) is 2. The third-order valence-electron chi connectivity index (χ3n) is 16.0. The SMILES string of the molecule is CN[C@@H]1CC[C@H]2[C@H]3Cc4ccc(O)c5c4[C@@]2(CCN3CC2CC2)[C@H]1O5.CN[C@H]1CC[C@H]2[C@H]3Cc4ccc(O)c5c4[C@@]2(CCN3CC2CC2)[C@H]1O5. The van der Waals surface area contributed by atoms with Gasteiger partial charge in [0.1, 0.15) is 12.2 Å². The Balaban J connectivity index is 0.000000120. The topological polar surface area (TPSA) is 89.5 Å². The van der Waals surface area contributed by atoms with Gasteiger partial charge in [0.05, 0.1) is 0 Å². The highest BCUT2D eigenvalue weighted by atomic mass is 16.5. The Labute approximate surface area is 297 Å². The maximum atomic E-state index is 10.5. The molecule has 4 N–H and O–H groups in total. The number of hydrogen-bond donors (Lipinski definition) is 4. The summed E-state index contributed by atoms with van der Waals surface area (Å²) in [6.45, 7) is 5.00. The van der Waals surface area contributed by atoms with Gasteiger partial charge in [-0.3, -0.25) is 9.80 Å². The van der Waals surface area contributed by atoms with Crippen LogP contribution in [0.2, 0.25) is 0 Å². The van der Waals surface area contributed by atoms with Gasteiger partial charge in [-0.2, -0.15) is 0 Å². The summed E-state index contributed by atoms with van der Waals surface area (Å²) in [5.41, 5.74) is 5.88. The van der Waals surface area contributed by atoms with Crippen molar-refractivity contribution in [3.63, 3.8) is 0 Å². The van der Waals surface area contributed by atoms with Crippen LogP contribution in [0.3, 0.4) is 0 Å². The van der Waals surface area contributed by atoms with Crippen molar-refractivity contribution in [3.8, 4) is 23.0 Å². The molecular weight excluding hydrogens is 624 g/mol. The summed E-state index contributed by atoms with van der Waals surface area (Å²) in [6, 6.07) is 10.2. The highest BCUT2D eigenvalue weighted by Crippen LogP contribution is 2.65. The van der Waals surface area contributed by atoms with Gasteiger partial charge in [-0.25, -0.2) is 0 Å². The zero-order valence-corrected chi connectivity index (χ0v) is 30.0. The molecule has 0 aromatic heterocycles. The summed E-state index contributed by atoms with van der Waals surface area (Å²) in [6.07, 6.45) is 15.7.